The molecule has 2 aromatic carbocycles. The van der Waals surface area contributed by atoms with Crippen LogP contribution >= 0.6 is 23.2 Å². The molecule has 0 saturated heterocycles. The predicted molar refractivity (Wildman–Crippen MR) is 84.1 cm³/mol. The van der Waals surface area contributed by atoms with Crippen molar-refractivity contribution in [3.05, 3.63) is 70.3 Å². The van der Waals surface area contributed by atoms with Crippen molar-refractivity contribution in [2.24, 2.45) is 0 Å². The van der Waals surface area contributed by atoms with Gasteiger partial charge in [0.25, 0.3) is 0 Å². The van der Waals surface area contributed by atoms with Gasteiger partial charge in [0.1, 0.15) is 0 Å². The maximum atomic E-state index is 11.7. The van der Waals surface area contributed by atoms with E-state index in [2.05, 4.69) is 10.6 Å². The smallest absolute Gasteiger partial charge is 0.314 e. The number of amides is 2. The fourth-order valence-electron chi connectivity index (χ4n) is 1.54. The SMILES string of the molecule is O=C(N/C=C/c1cccc(Cl)c1)Nc1ccccc1Cl. The summed E-state index contributed by atoms with van der Waals surface area (Å²) in [4.78, 5) is 11.7. The molecule has 102 valence electrons. The largest absolute Gasteiger partial charge is 0.323 e. The first-order valence-electron chi connectivity index (χ1n) is 5.89. The summed E-state index contributed by atoms with van der Waals surface area (Å²) in [6.45, 7) is 0. The van der Waals surface area contributed by atoms with Crippen molar-refractivity contribution in [1.29, 1.82) is 0 Å². The molecular weight excluding hydrogens is 295 g/mol. The molecule has 5 heteroatoms. The molecule has 0 saturated carbocycles. The fraction of sp³-hybridized carbons (Fsp3) is 0. The number of hydrogen-bond donors (Lipinski definition) is 2. The summed E-state index contributed by atoms with van der Waals surface area (Å²) in [5.41, 5.74) is 1.46. The van der Waals surface area contributed by atoms with Gasteiger partial charge >= 0.3 is 6.03 Å². The van der Waals surface area contributed by atoms with E-state index in [4.69, 9.17) is 23.2 Å². The lowest BCUT2D eigenvalue weighted by Crippen LogP contribution is -2.23. The molecule has 2 N–H and O–H groups in total. The molecule has 0 aliphatic heterocycles. The Balaban J connectivity index is 1.91. The lowest BCUT2D eigenvalue weighted by Gasteiger charge is -2.05. The standard InChI is InChI=1S/C15H12Cl2N2O/c16-12-5-3-4-11(10-12)8-9-18-15(20)19-14-7-2-1-6-13(14)17/h1-10H,(H2,18,19,20)/b9-8+. The molecule has 0 atom stereocenters. The summed E-state index contributed by atoms with van der Waals surface area (Å²) < 4.78 is 0. The van der Waals surface area contributed by atoms with Crippen molar-refractivity contribution in [3.8, 4) is 0 Å². The van der Waals surface area contributed by atoms with E-state index < -0.39 is 0 Å². The van der Waals surface area contributed by atoms with Crippen molar-refractivity contribution < 1.29 is 4.79 Å². The normalized spacial score (nSPS) is 10.5. The van der Waals surface area contributed by atoms with Crippen LogP contribution in [-0.2, 0) is 0 Å². The highest BCUT2D eigenvalue weighted by molar-refractivity contribution is 6.33. The van der Waals surface area contributed by atoms with Crippen molar-refractivity contribution >= 4 is 41.0 Å². The molecule has 2 rings (SSSR count). The van der Waals surface area contributed by atoms with E-state index in [9.17, 15) is 4.79 Å². The number of rotatable bonds is 3. The lowest BCUT2D eigenvalue weighted by molar-refractivity contribution is 0.255. The van der Waals surface area contributed by atoms with E-state index in [-0.39, 0.29) is 6.03 Å². The zero-order chi connectivity index (χ0) is 14.4. The van der Waals surface area contributed by atoms with E-state index in [1.165, 1.54) is 6.20 Å². The number of hydrogen-bond acceptors (Lipinski definition) is 1. The van der Waals surface area contributed by atoms with Gasteiger partial charge in [0.2, 0.25) is 0 Å². The average molecular weight is 307 g/mol. The molecule has 0 unspecified atom stereocenters. The third kappa shape index (κ3) is 4.30. The van der Waals surface area contributed by atoms with E-state index >= 15 is 0 Å². The third-order valence-corrected chi connectivity index (χ3v) is 3.03. The Kier molecular flexibility index (Phi) is 5.04. The maximum Gasteiger partial charge on any atom is 0.323 e. The quantitative estimate of drug-likeness (QED) is 0.841. The Morgan fingerprint density at radius 1 is 1.05 bits per heavy atom. The molecule has 0 aliphatic rings. The van der Waals surface area contributed by atoms with Crippen molar-refractivity contribution in [2.75, 3.05) is 5.32 Å². The molecule has 0 spiro atoms. The fourth-order valence-corrected chi connectivity index (χ4v) is 1.93. The van der Waals surface area contributed by atoms with Crippen molar-refractivity contribution in [1.82, 2.24) is 5.32 Å². The number of carbonyl (C=O) groups excluding carboxylic acids is 1. The van der Waals surface area contributed by atoms with Gasteiger partial charge in [-0.2, -0.15) is 0 Å². The number of halogens is 2. The van der Waals surface area contributed by atoms with Crippen LogP contribution in [0.2, 0.25) is 10.0 Å². The molecular formula is C15H12Cl2N2O. The number of nitrogens with one attached hydrogen (secondary N) is 2. The van der Waals surface area contributed by atoms with Crippen LogP contribution in [0.4, 0.5) is 10.5 Å². The minimum absolute atomic E-state index is 0.364. The number of benzene rings is 2. The second kappa shape index (κ2) is 6.98. The van der Waals surface area contributed by atoms with Gasteiger partial charge in [-0.25, -0.2) is 4.79 Å². The molecule has 0 bridgehead atoms. The van der Waals surface area contributed by atoms with Gasteiger partial charge < -0.3 is 10.6 Å². The molecule has 0 heterocycles. The van der Waals surface area contributed by atoms with Crippen LogP contribution in [-0.4, -0.2) is 6.03 Å². The van der Waals surface area contributed by atoms with E-state index in [0.717, 1.165) is 5.56 Å². The van der Waals surface area contributed by atoms with Crippen LogP contribution in [0, 0.1) is 0 Å². The first kappa shape index (κ1) is 14.4. The number of carbonyl (C=O) groups is 1. The molecule has 0 aliphatic carbocycles. The minimum atomic E-state index is -0.364. The third-order valence-electron chi connectivity index (χ3n) is 2.46. The second-order valence-electron chi connectivity index (χ2n) is 3.97. The second-order valence-corrected chi connectivity index (χ2v) is 4.81. The van der Waals surface area contributed by atoms with Gasteiger partial charge in [-0.1, -0.05) is 47.5 Å². The molecule has 3 nitrogen and oxygen atoms in total. The van der Waals surface area contributed by atoms with Crippen LogP contribution in [0.3, 0.4) is 0 Å². The molecule has 2 amide bonds. The Bertz CT molecular complexity index is 641. The highest BCUT2D eigenvalue weighted by Crippen LogP contribution is 2.20. The lowest BCUT2D eigenvalue weighted by atomic mass is 10.2. The molecule has 2 aromatic rings. The zero-order valence-electron chi connectivity index (χ0n) is 10.4. The highest BCUT2D eigenvalue weighted by atomic mass is 35.5. The van der Waals surface area contributed by atoms with E-state index in [1.807, 2.05) is 12.1 Å². The maximum absolute atomic E-state index is 11.7. The minimum Gasteiger partial charge on any atom is -0.314 e. The number of para-hydroxylation sites is 1. The Hall–Kier alpha value is -1.97. The summed E-state index contributed by atoms with van der Waals surface area (Å²) in [5, 5.41) is 6.38. The van der Waals surface area contributed by atoms with Gasteiger partial charge in [0.05, 0.1) is 10.7 Å². The first-order chi connectivity index (χ1) is 9.65. The summed E-state index contributed by atoms with van der Waals surface area (Å²) in [6.07, 6.45) is 3.29. The summed E-state index contributed by atoms with van der Waals surface area (Å²) >= 11 is 11.8. The van der Waals surface area contributed by atoms with Crippen LogP contribution in [0.5, 0.6) is 0 Å². The monoisotopic (exact) mass is 306 g/mol. The van der Waals surface area contributed by atoms with Crippen LogP contribution < -0.4 is 10.6 Å². The Morgan fingerprint density at radius 3 is 2.60 bits per heavy atom. The molecule has 0 fully saturated rings. The van der Waals surface area contributed by atoms with Gasteiger partial charge in [0.15, 0.2) is 0 Å². The van der Waals surface area contributed by atoms with Crippen LogP contribution in [0.25, 0.3) is 6.08 Å². The zero-order valence-corrected chi connectivity index (χ0v) is 11.9. The Morgan fingerprint density at radius 2 is 1.85 bits per heavy atom. The molecule has 0 radical (unpaired) electrons. The predicted octanol–water partition coefficient (Wildman–Crippen LogP) is 4.79. The van der Waals surface area contributed by atoms with Gasteiger partial charge in [-0.3, -0.25) is 0 Å². The van der Waals surface area contributed by atoms with Gasteiger partial charge in [-0.15, -0.1) is 0 Å². The average Bonchev–Trinajstić information content (AvgIpc) is 2.41. The number of anilines is 1. The molecule has 0 aromatic heterocycles. The van der Waals surface area contributed by atoms with Crippen molar-refractivity contribution in [3.63, 3.8) is 0 Å². The number of urea groups is 1. The van der Waals surface area contributed by atoms with Crippen LogP contribution in [0.1, 0.15) is 5.56 Å². The summed E-state index contributed by atoms with van der Waals surface area (Å²) in [5.74, 6) is 0. The topological polar surface area (TPSA) is 41.1 Å². The highest BCUT2D eigenvalue weighted by Gasteiger charge is 2.02. The van der Waals surface area contributed by atoms with Gasteiger partial charge in [0, 0.05) is 11.2 Å². The Labute approximate surface area is 127 Å². The van der Waals surface area contributed by atoms with Gasteiger partial charge in [-0.05, 0) is 35.9 Å². The van der Waals surface area contributed by atoms with Crippen LogP contribution in [0.15, 0.2) is 54.7 Å². The van der Waals surface area contributed by atoms with Crippen molar-refractivity contribution in [2.45, 2.75) is 0 Å². The summed E-state index contributed by atoms with van der Waals surface area (Å²) in [7, 11) is 0. The van der Waals surface area contributed by atoms with E-state index in [1.54, 1.807) is 42.5 Å². The molecule has 20 heavy (non-hydrogen) atoms. The van der Waals surface area contributed by atoms with E-state index in [0.29, 0.717) is 15.7 Å². The summed E-state index contributed by atoms with van der Waals surface area (Å²) in [6, 6.07) is 14.0. The first-order valence-corrected chi connectivity index (χ1v) is 6.65.